The first-order chi connectivity index (χ1) is 21.1. The highest BCUT2D eigenvalue weighted by molar-refractivity contribution is 6.32. The Morgan fingerprint density at radius 3 is 2.26 bits per heavy atom. The van der Waals surface area contributed by atoms with Gasteiger partial charge in [0.2, 0.25) is 0 Å². The van der Waals surface area contributed by atoms with E-state index in [1.54, 1.807) is 33.8 Å². The first-order valence-electron chi connectivity index (χ1n) is 13.2. The zero-order chi connectivity index (χ0) is 34.4. The molecule has 4 rings (SSSR count). The number of ketones is 1. The van der Waals surface area contributed by atoms with Crippen molar-refractivity contribution in [2.24, 2.45) is 0 Å². The Labute approximate surface area is 266 Å². The van der Waals surface area contributed by atoms with E-state index in [1.165, 1.54) is 30.5 Å². The summed E-state index contributed by atoms with van der Waals surface area (Å²) in [5.41, 5.74) is -1.80. The SMILES string of the molecule is Cc1cc(Cl)cc(C(=O)NC(C)(C)C)c1CC(=O)c1cc(Cn2ncc(C(F)(F)C(F)(F)C(F)(F)F)n2)nn1-c1ncccc1Cl. The van der Waals surface area contributed by atoms with Crippen molar-refractivity contribution in [3.05, 3.63) is 86.5 Å². The monoisotopic (exact) mass is 693 g/mol. The average Bonchev–Trinajstić information content (AvgIpc) is 3.56. The maximum atomic E-state index is 14.2. The standard InChI is InChI=1S/C28H24Cl2F7N7O2/c1-14-8-15(29)9-18(24(46)40-25(2,3)4)17(14)11-21(45)20-10-16(41-44(20)23-19(30)6-5-7-38-23)13-43-39-12-22(42-43)26(31,32)27(33,34)28(35,36)37/h5-10,12H,11,13H2,1-4H3,(H,40,46). The Bertz CT molecular complexity index is 1800. The van der Waals surface area contributed by atoms with Gasteiger partial charge in [-0.1, -0.05) is 23.2 Å². The maximum absolute atomic E-state index is 14.2. The van der Waals surface area contributed by atoms with E-state index in [0.717, 1.165) is 4.68 Å². The number of rotatable bonds is 9. The van der Waals surface area contributed by atoms with Crippen molar-refractivity contribution in [3.8, 4) is 5.82 Å². The smallest absolute Gasteiger partial charge is 0.347 e. The number of nitrogens with zero attached hydrogens (tertiary/aromatic N) is 6. The molecule has 0 aliphatic carbocycles. The molecule has 0 aliphatic heterocycles. The van der Waals surface area contributed by atoms with Gasteiger partial charge in [-0.05, 0) is 69.2 Å². The summed E-state index contributed by atoms with van der Waals surface area (Å²) in [6.07, 6.45) is -5.49. The quantitative estimate of drug-likeness (QED) is 0.153. The summed E-state index contributed by atoms with van der Waals surface area (Å²) >= 11 is 12.5. The van der Waals surface area contributed by atoms with Crippen LogP contribution in [0.2, 0.25) is 10.0 Å². The van der Waals surface area contributed by atoms with Gasteiger partial charge in [0.25, 0.3) is 5.91 Å². The van der Waals surface area contributed by atoms with Gasteiger partial charge in [-0.3, -0.25) is 9.59 Å². The molecule has 0 spiro atoms. The molecule has 246 valence electrons. The van der Waals surface area contributed by atoms with Gasteiger partial charge >= 0.3 is 18.0 Å². The van der Waals surface area contributed by atoms with E-state index in [2.05, 4.69) is 25.6 Å². The van der Waals surface area contributed by atoms with Crippen LogP contribution in [-0.4, -0.2) is 59.1 Å². The second-order valence-electron chi connectivity index (χ2n) is 11.2. The number of amides is 1. The summed E-state index contributed by atoms with van der Waals surface area (Å²) in [4.78, 5) is 31.5. The van der Waals surface area contributed by atoms with Crippen LogP contribution in [0.5, 0.6) is 0 Å². The molecule has 3 aromatic heterocycles. The molecule has 0 saturated carbocycles. The minimum absolute atomic E-state index is 0.0252. The van der Waals surface area contributed by atoms with Crippen molar-refractivity contribution in [2.75, 3.05) is 0 Å². The second-order valence-corrected chi connectivity index (χ2v) is 12.0. The van der Waals surface area contributed by atoms with Crippen molar-refractivity contribution in [3.63, 3.8) is 0 Å². The van der Waals surface area contributed by atoms with E-state index in [0.29, 0.717) is 15.9 Å². The van der Waals surface area contributed by atoms with E-state index < -0.39 is 47.5 Å². The van der Waals surface area contributed by atoms with Gasteiger partial charge < -0.3 is 5.32 Å². The highest BCUT2D eigenvalue weighted by atomic mass is 35.5. The molecule has 1 amide bonds. The number of carbonyl (C=O) groups is 2. The van der Waals surface area contributed by atoms with E-state index >= 15 is 0 Å². The van der Waals surface area contributed by atoms with Gasteiger partial charge in [0.15, 0.2) is 17.3 Å². The molecule has 3 heterocycles. The van der Waals surface area contributed by atoms with Gasteiger partial charge in [-0.15, -0.1) is 0 Å². The summed E-state index contributed by atoms with van der Waals surface area (Å²) in [5.74, 6) is -13.3. The number of aromatic nitrogens is 6. The van der Waals surface area contributed by atoms with Crippen LogP contribution in [0.3, 0.4) is 0 Å². The van der Waals surface area contributed by atoms with Crippen LogP contribution in [0.25, 0.3) is 5.82 Å². The van der Waals surface area contributed by atoms with Crippen LogP contribution < -0.4 is 5.32 Å². The van der Waals surface area contributed by atoms with Gasteiger partial charge in [-0.25, -0.2) is 9.67 Å². The molecule has 0 unspecified atom stereocenters. The van der Waals surface area contributed by atoms with Crippen molar-refractivity contribution >= 4 is 34.9 Å². The van der Waals surface area contributed by atoms with Crippen LogP contribution in [-0.2, 0) is 18.9 Å². The topological polar surface area (TPSA) is 108 Å². The minimum atomic E-state index is -6.56. The summed E-state index contributed by atoms with van der Waals surface area (Å²) in [6.45, 7) is 6.32. The number of Topliss-reactive ketones (excluding diaryl/α,β-unsaturated/α-hetero) is 1. The van der Waals surface area contributed by atoms with Gasteiger partial charge in [0.05, 0.1) is 16.9 Å². The lowest BCUT2D eigenvalue weighted by atomic mass is 9.95. The summed E-state index contributed by atoms with van der Waals surface area (Å²) < 4.78 is 94.4. The Hall–Kier alpha value is -4.05. The van der Waals surface area contributed by atoms with Crippen LogP contribution in [0.15, 0.2) is 42.7 Å². The number of benzene rings is 1. The molecule has 0 aliphatic rings. The molecule has 1 N–H and O–H groups in total. The summed E-state index contributed by atoms with van der Waals surface area (Å²) in [5, 5.41) is 13.9. The van der Waals surface area contributed by atoms with E-state index in [9.17, 15) is 40.3 Å². The predicted octanol–water partition coefficient (Wildman–Crippen LogP) is 6.77. The van der Waals surface area contributed by atoms with E-state index in [4.69, 9.17) is 23.2 Å². The van der Waals surface area contributed by atoms with Gasteiger partial charge in [-0.2, -0.15) is 50.8 Å². The lowest BCUT2D eigenvalue weighted by molar-refractivity contribution is -0.360. The molecular weight excluding hydrogens is 670 g/mol. The predicted molar refractivity (Wildman–Crippen MR) is 152 cm³/mol. The maximum Gasteiger partial charge on any atom is 0.460 e. The zero-order valence-electron chi connectivity index (χ0n) is 24.4. The number of halogens is 9. The largest absolute Gasteiger partial charge is 0.460 e. The lowest BCUT2D eigenvalue weighted by Gasteiger charge is -2.26. The Morgan fingerprint density at radius 2 is 1.65 bits per heavy atom. The second kappa shape index (κ2) is 12.3. The molecule has 0 radical (unpaired) electrons. The number of hydrogen-bond donors (Lipinski definition) is 1. The molecule has 1 aromatic carbocycles. The third-order valence-corrected chi connectivity index (χ3v) is 6.92. The molecule has 9 nitrogen and oxygen atoms in total. The van der Waals surface area contributed by atoms with E-state index in [-0.39, 0.29) is 45.4 Å². The van der Waals surface area contributed by atoms with Crippen molar-refractivity contribution in [2.45, 2.75) is 64.2 Å². The van der Waals surface area contributed by atoms with Crippen LogP contribution >= 0.6 is 23.2 Å². The molecule has 4 aromatic rings. The summed E-state index contributed by atoms with van der Waals surface area (Å²) in [7, 11) is 0. The molecule has 0 bridgehead atoms. The first-order valence-corrected chi connectivity index (χ1v) is 14.0. The lowest BCUT2D eigenvalue weighted by Crippen LogP contribution is -2.50. The Morgan fingerprint density at radius 1 is 0.978 bits per heavy atom. The highest BCUT2D eigenvalue weighted by Crippen LogP contribution is 2.51. The normalized spacial score (nSPS) is 12.8. The molecule has 0 saturated heterocycles. The molecule has 0 atom stereocenters. The summed E-state index contributed by atoms with van der Waals surface area (Å²) in [6, 6.07) is 7.12. The van der Waals surface area contributed by atoms with Gasteiger partial charge in [0.1, 0.15) is 12.2 Å². The number of alkyl halides is 7. The van der Waals surface area contributed by atoms with Crippen molar-refractivity contribution in [1.82, 2.24) is 35.1 Å². The fourth-order valence-corrected chi connectivity index (χ4v) is 4.75. The average molecular weight is 694 g/mol. The first kappa shape index (κ1) is 34.8. The Balaban J connectivity index is 1.73. The van der Waals surface area contributed by atoms with Crippen molar-refractivity contribution < 1.29 is 40.3 Å². The molecule has 0 fully saturated rings. The van der Waals surface area contributed by atoms with Gasteiger partial charge in [0, 0.05) is 28.7 Å². The molecule has 18 heteroatoms. The Kier molecular flexibility index (Phi) is 9.30. The number of nitrogens with one attached hydrogen (secondary N) is 1. The molecular formula is C28H24Cl2F7N7O2. The molecule has 46 heavy (non-hydrogen) atoms. The fourth-order valence-electron chi connectivity index (χ4n) is 4.27. The number of aryl methyl sites for hydroxylation is 1. The third kappa shape index (κ3) is 7.02. The van der Waals surface area contributed by atoms with Crippen molar-refractivity contribution in [1.29, 1.82) is 0 Å². The zero-order valence-corrected chi connectivity index (χ0v) is 25.9. The highest BCUT2D eigenvalue weighted by Gasteiger charge is 2.74. The van der Waals surface area contributed by atoms with Crippen LogP contribution in [0.1, 0.15) is 64.1 Å². The fraction of sp³-hybridized carbons (Fsp3) is 0.357. The van der Waals surface area contributed by atoms with Crippen LogP contribution in [0, 0.1) is 6.92 Å². The van der Waals surface area contributed by atoms with E-state index in [1.807, 2.05) is 0 Å². The third-order valence-electron chi connectivity index (χ3n) is 6.41. The number of pyridine rings is 1. The number of hydrogen-bond acceptors (Lipinski definition) is 6. The minimum Gasteiger partial charge on any atom is -0.347 e. The van der Waals surface area contributed by atoms with Crippen LogP contribution in [0.4, 0.5) is 30.7 Å². The number of carbonyl (C=O) groups excluding carboxylic acids is 2.